The molecule has 7 heteroatoms. The third-order valence-corrected chi connectivity index (χ3v) is 5.44. The average Bonchev–Trinajstić information content (AvgIpc) is 3.17. The van der Waals surface area contributed by atoms with Gasteiger partial charge in [-0.25, -0.2) is 0 Å². The van der Waals surface area contributed by atoms with Gasteiger partial charge in [-0.3, -0.25) is 9.59 Å². The third-order valence-electron chi connectivity index (χ3n) is 4.95. The highest BCUT2D eigenvalue weighted by atomic mass is 79.9. The van der Waals surface area contributed by atoms with Crippen LogP contribution in [0.2, 0.25) is 0 Å². The van der Waals surface area contributed by atoms with Crippen LogP contribution < -0.4 is 10.2 Å². The van der Waals surface area contributed by atoms with Crippen molar-refractivity contribution in [2.45, 2.75) is 43.9 Å². The number of benzene rings is 1. The SMILES string of the molecule is CNCCCC(=O)O.O=CCN1C(=O)C2(CCCC2)c2cc(Br)ccc21. The summed E-state index contributed by atoms with van der Waals surface area (Å²) in [6.07, 6.45) is 5.78. The summed E-state index contributed by atoms with van der Waals surface area (Å²) in [7, 11) is 1.81. The van der Waals surface area contributed by atoms with E-state index in [1.54, 1.807) is 4.90 Å². The van der Waals surface area contributed by atoms with Crippen molar-refractivity contribution in [2.24, 2.45) is 0 Å². The Morgan fingerprint density at radius 3 is 2.65 bits per heavy atom. The van der Waals surface area contributed by atoms with Crippen LogP contribution in [-0.2, 0) is 19.8 Å². The standard InChI is InChI=1S/C14H14BrNO2.C5H11NO2/c15-10-3-4-12-11(9-10)14(5-1-2-6-14)13(18)16(12)7-8-17;1-6-4-2-3-5(7)8/h3-4,8-9H,1-2,5-7H2;6H,2-4H2,1H3,(H,7,8). The first-order valence-electron chi connectivity index (χ1n) is 8.88. The van der Waals surface area contributed by atoms with Crippen LogP contribution in [0.3, 0.4) is 0 Å². The van der Waals surface area contributed by atoms with Crippen LogP contribution in [0, 0.1) is 0 Å². The predicted molar refractivity (Wildman–Crippen MR) is 104 cm³/mol. The van der Waals surface area contributed by atoms with Crippen LogP contribution in [0.5, 0.6) is 0 Å². The molecule has 1 heterocycles. The molecule has 0 unspecified atom stereocenters. The number of amides is 1. The summed E-state index contributed by atoms with van der Waals surface area (Å²) in [5.41, 5.74) is 1.65. The van der Waals surface area contributed by atoms with Gasteiger partial charge in [0.2, 0.25) is 5.91 Å². The van der Waals surface area contributed by atoms with Crippen LogP contribution in [0.4, 0.5) is 5.69 Å². The molecule has 3 rings (SSSR count). The first kappa shape index (κ1) is 20.6. The quantitative estimate of drug-likeness (QED) is 0.541. The molecule has 1 aromatic rings. The lowest BCUT2D eigenvalue weighted by molar-refractivity contribution is -0.137. The Morgan fingerprint density at radius 2 is 2.08 bits per heavy atom. The maximum atomic E-state index is 12.6. The number of rotatable bonds is 6. The molecule has 6 nitrogen and oxygen atoms in total. The van der Waals surface area contributed by atoms with Crippen molar-refractivity contribution in [1.29, 1.82) is 0 Å². The first-order valence-corrected chi connectivity index (χ1v) is 9.67. The molecule has 0 atom stereocenters. The van der Waals surface area contributed by atoms with Crippen molar-refractivity contribution in [3.63, 3.8) is 0 Å². The molecule has 0 bridgehead atoms. The van der Waals surface area contributed by atoms with Gasteiger partial charge >= 0.3 is 5.97 Å². The zero-order chi connectivity index (χ0) is 19.2. The molecule has 26 heavy (non-hydrogen) atoms. The van der Waals surface area contributed by atoms with Crippen molar-refractivity contribution in [1.82, 2.24) is 5.32 Å². The van der Waals surface area contributed by atoms with Crippen LogP contribution in [0.25, 0.3) is 0 Å². The monoisotopic (exact) mass is 424 g/mol. The van der Waals surface area contributed by atoms with Gasteiger partial charge in [-0.2, -0.15) is 0 Å². The van der Waals surface area contributed by atoms with Gasteiger partial charge in [0.1, 0.15) is 6.29 Å². The number of carboxylic acid groups (broad SMARTS) is 1. The Hall–Kier alpha value is -1.73. The number of nitrogens with zero attached hydrogens (tertiary/aromatic N) is 1. The second kappa shape index (κ2) is 9.28. The van der Waals surface area contributed by atoms with Gasteiger partial charge in [0.05, 0.1) is 12.0 Å². The van der Waals surface area contributed by atoms with E-state index in [4.69, 9.17) is 5.11 Å². The Balaban J connectivity index is 0.000000260. The van der Waals surface area contributed by atoms with Crippen LogP contribution in [0.1, 0.15) is 44.1 Å². The molecule has 1 fully saturated rings. The van der Waals surface area contributed by atoms with E-state index in [9.17, 15) is 14.4 Å². The Morgan fingerprint density at radius 1 is 1.38 bits per heavy atom. The molecule has 1 saturated carbocycles. The van der Waals surface area contributed by atoms with E-state index in [0.29, 0.717) is 6.42 Å². The summed E-state index contributed by atoms with van der Waals surface area (Å²) in [6, 6.07) is 5.91. The minimum absolute atomic E-state index is 0.111. The molecular weight excluding hydrogens is 400 g/mol. The van der Waals surface area contributed by atoms with Crippen molar-refractivity contribution < 1.29 is 19.5 Å². The molecular formula is C19H25BrN2O4. The summed E-state index contributed by atoms with van der Waals surface area (Å²) in [5, 5.41) is 11.0. The van der Waals surface area contributed by atoms with Crippen LogP contribution >= 0.6 is 15.9 Å². The van der Waals surface area contributed by atoms with Gasteiger partial charge in [0, 0.05) is 16.6 Å². The van der Waals surface area contributed by atoms with Crippen molar-refractivity contribution >= 4 is 39.8 Å². The number of hydrogen-bond acceptors (Lipinski definition) is 4. The van der Waals surface area contributed by atoms with E-state index in [-0.39, 0.29) is 24.3 Å². The summed E-state index contributed by atoms with van der Waals surface area (Å²) >= 11 is 3.47. The maximum absolute atomic E-state index is 12.6. The Kier molecular flexibility index (Phi) is 7.34. The average molecular weight is 425 g/mol. The largest absolute Gasteiger partial charge is 0.481 e. The number of carboxylic acids is 1. The lowest BCUT2D eigenvalue weighted by Gasteiger charge is -2.22. The molecule has 1 aromatic carbocycles. The van der Waals surface area contributed by atoms with E-state index in [0.717, 1.165) is 54.2 Å². The topological polar surface area (TPSA) is 86.7 Å². The number of carbonyl (C=O) groups is 3. The minimum atomic E-state index is -0.722. The molecule has 0 aromatic heterocycles. The molecule has 2 aliphatic rings. The van der Waals surface area contributed by atoms with Crippen LogP contribution in [0.15, 0.2) is 22.7 Å². The minimum Gasteiger partial charge on any atom is -0.481 e. The third kappa shape index (κ3) is 4.32. The fourth-order valence-electron chi connectivity index (χ4n) is 3.74. The fourth-order valence-corrected chi connectivity index (χ4v) is 4.10. The number of fused-ring (bicyclic) bond motifs is 2. The van der Waals surface area contributed by atoms with E-state index in [1.165, 1.54) is 0 Å². The van der Waals surface area contributed by atoms with Gasteiger partial charge in [-0.05, 0) is 56.6 Å². The highest BCUT2D eigenvalue weighted by molar-refractivity contribution is 9.10. The predicted octanol–water partition coefficient (Wildman–Crippen LogP) is 2.88. The maximum Gasteiger partial charge on any atom is 0.303 e. The number of hydrogen-bond donors (Lipinski definition) is 2. The normalized spacial score (nSPS) is 17.0. The smallest absolute Gasteiger partial charge is 0.303 e. The highest BCUT2D eigenvalue weighted by Gasteiger charge is 2.51. The van der Waals surface area contributed by atoms with E-state index >= 15 is 0 Å². The number of carbonyl (C=O) groups excluding carboxylic acids is 2. The lowest BCUT2D eigenvalue weighted by Crippen LogP contribution is -2.39. The lowest BCUT2D eigenvalue weighted by atomic mass is 9.80. The van der Waals surface area contributed by atoms with Crippen molar-refractivity contribution in [2.75, 3.05) is 25.0 Å². The zero-order valence-corrected chi connectivity index (χ0v) is 16.5. The van der Waals surface area contributed by atoms with Gasteiger partial charge in [0.25, 0.3) is 0 Å². The number of aldehydes is 1. The summed E-state index contributed by atoms with van der Waals surface area (Å²) in [5.74, 6) is -0.611. The molecule has 0 radical (unpaired) electrons. The van der Waals surface area contributed by atoms with E-state index in [1.807, 2.05) is 25.2 Å². The van der Waals surface area contributed by atoms with Gasteiger partial charge in [-0.15, -0.1) is 0 Å². The number of nitrogens with one attached hydrogen (secondary N) is 1. The van der Waals surface area contributed by atoms with E-state index < -0.39 is 5.97 Å². The summed E-state index contributed by atoms with van der Waals surface area (Å²) in [4.78, 5) is 34.9. The van der Waals surface area contributed by atoms with E-state index in [2.05, 4.69) is 21.2 Å². The molecule has 1 aliphatic carbocycles. The highest BCUT2D eigenvalue weighted by Crippen LogP contribution is 2.51. The fraction of sp³-hybridized carbons (Fsp3) is 0.526. The molecule has 2 N–H and O–H groups in total. The summed E-state index contributed by atoms with van der Waals surface area (Å²) in [6.45, 7) is 0.946. The number of aliphatic carboxylic acids is 1. The number of halogens is 1. The van der Waals surface area contributed by atoms with Crippen molar-refractivity contribution in [3.05, 3.63) is 28.2 Å². The summed E-state index contributed by atoms with van der Waals surface area (Å²) < 4.78 is 0.994. The van der Waals surface area contributed by atoms with Gasteiger partial charge < -0.3 is 20.1 Å². The Bertz CT molecular complexity index is 672. The molecule has 0 saturated heterocycles. The number of anilines is 1. The Labute approximate surface area is 162 Å². The van der Waals surface area contributed by atoms with Gasteiger partial charge in [-0.1, -0.05) is 28.8 Å². The van der Waals surface area contributed by atoms with Crippen molar-refractivity contribution in [3.8, 4) is 0 Å². The molecule has 1 spiro atoms. The second-order valence-corrected chi connectivity index (χ2v) is 7.55. The molecule has 1 aliphatic heterocycles. The van der Waals surface area contributed by atoms with Gasteiger partial charge in [0.15, 0.2) is 0 Å². The molecule has 1 amide bonds. The first-order chi connectivity index (χ1) is 12.5. The molecule has 142 valence electrons. The van der Waals surface area contributed by atoms with Crippen LogP contribution in [-0.4, -0.2) is 43.4 Å². The zero-order valence-electron chi connectivity index (χ0n) is 15.0. The second-order valence-electron chi connectivity index (χ2n) is 6.63.